The number of primary amides is 1. The third-order valence-electron chi connectivity index (χ3n) is 6.29. The number of anilines is 1. The van der Waals surface area contributed by atoms with Crippen molar-refractivity contribution in [1.82, 2.24) is 19.7 Å². The molecule has 5 rings (SSSR count). The van der Waals surface area contributed by atoms with Gasteiger partial charge in [-0.15, -0.1) is 11.3 Å². The summed E-state index contributed by atoms with van der Waals surface area (Å²) in [6, 6.07) is 10.2. The summed E-state index contributed by atoms with van der Waals surface area (Å²) in [5.74, 6) is -1.29. The van der Waals surface area contributed by atoms with Gasteiger partial charge in [-0.05, 0) is 44.5 Å². The van der Waals surface area contributed by atoms with Gasteiger partial charge in [0.25, 0.3) is 18.2 Å². The molecular formula is C26H22F2N6O2S. The molecule has 0 saturated heterocycles. The van der Waals surface area contributed by atoms with Crippen LogP contribution in [0.3, 0.4) is 0 Å². The Labute approximate surface area is 214 Å². The number of alkyl halides is 2. The Morgan fingerprint density at radius 3 is 2.49 bits per heavy atom. The molecule has 3 N–H and O–H groups in total. The van der Waals surface area contributed by atoms with Crippen LogP contribution in [0, 0.1) is 20.8 Å². The quantitative estimate of drug-likeness (QED) is 0.319. The number of rotatable bonds is 5. The van der Waals surface area contributed by atoms with E-state index in [1.54, 1.807) is 29.8 Å². The van der Waals surface area contributed by atoms with Crippen LogP contribution in [0.25, 0.3) is 32.4 Å². The van der Waals surface area contributed by atoms with Crippen LogP contribution in [-0.4, -0.2) is 31.6 Å². The number of nitrogens with zero attached hydrogens (tertiary/aromatic N) is 4. The summed E-state index contributed by atoms with van der Waals surface area (Å²) in [5, 5.41) is 8.29. The van der Waals surface area contributed by atoms with Gasteiger partial charge in [0.2, 0.25) is 0 Å². The summed E-state index contributed by atoms with van der Waals surface area (Å²) in [5.41, 5.74) is 9.78. The number of carbonyl (C=O) groups excluding carboxylic acids is 2. The maximum Gasteiger partial charge on any atom is 0.280 e. The Hall–Kier alpha value is -4.25. The Bertz CT molecular complexity index is 1740. The standard InChI is InChI=1S/C26H22F2N6O2S/c1-11-9-18(23(27)28)31-26-19(11)21(22(37-26)24(29)35)32-25(36)15-10-17(20-12(2)33-34(4)13(20)3)30-16-8-6-5-7-14(15)16/h5-10,23H,1-4H3,(H2,29,35)(H,32,36). The summed E-state index contributed by atoms with van der Waals surface area (Å²) in [6.45, 7) is 5.42. The van der Waals surface area contributed by atoms with Gasteiger partial charge in [0.1, 0.15) is 15.4 Å². The van der Waals surface area contributed by atoms with Gasteiger partial charge in [-0.1, -0.05) is 18.2 Å². The van der Waals surface area contributed by atoms with Crippen LogP contribution in [0.4, 0.5) is 14.5 Å². The van der Waals surface area contributed by atoms with Gasteiger partial charge in [0.05, 0.1) is 28.2 Å². The molecule has 11 heteroatoms. The van der Waals surface area contributed by atoms with Gasteiger partial charge in [-0.2, -0.15) is 5.10 Å². The molecule has 0 unspecified atom stereocenters. The molecule has 0 aliphatic rings. The van der Waals surface area contributed by atoms with Crippen LogP contribution < -0.4 is 11.1 Å². The number of hydrogen-bond donors (Lipinski definition) is 2. The predicted octanol–water partition coefficient (Wildman–Crippen LogP) is 5.46. The number of para-hydroxylation sites is 1. The van der Waals surface area contributed by atoms with Crippen molar-refractivity contribution in [2.45, 2.75) is 27.2 Å². The second kappa shape index (κ2) is 9.00. The molecule has 0 atom stereocenters. The van der Waals surface area contributed by atoms with Crippen molar-refractivity contribution in [3.05, 3.63) is 69.5 Å². The van der Waals surface area contributed by atoms with E-state index in [2.05, 4.69) is 15.4 Å². The van der Waals surface area contributed by atoms with E-state index >= 15 is 0 Å². The summed E-state index contributed by atoms with van der Waals surface area (Å²) in [7, 11) is 1.84. The van der Waals surface area contributed by atoms with Gasteiger partial charge in [0.15, 0.2) is 0 Å². The normalized spacial score (nSPS) is 11.5. The van der Waals surface area contributed by atoms with Crippen LogP contribution in [0.5, 0.6) is 0 Å². The minimum Gasteiger partial charge on any atom is -0.365 e. The lowest BCUT2D eigenvalue weighted by atomic mass is 10.0. The fraction of sp³-hybridized carbons (Fsp3) is 0.192. The molecule has 5 aromatic rings. The Balaban J connectivity index is 1.68. The van der Waals surface area contributed by atoms with E-state index in [4.69, 9.17) is 10.7 Å². The first-order valence-corrected chi connectivity index (χ1v) is 12.1. The number of amides is 2. The number of carbonyl (C=O) groups is 2. The number of hydrogen-bond acceptors (Lipinski definition) is 6. The van der Waals surface area contributed by atoms with Gasteiger partial charge in [0, 0.05) is 29.1 Å². The first-order chi connectivity index (χ1) is 17.6. The first kappa shape index (κ1) is 24.4. The average Bonchev–Trinajstić information content (AvgIpc) is 3.34. The molecule has 188 valence electrons. The monoisotopic (exact) mass is 520 g/mol. The van der Waals surface area contributed by atoms with Crippen molar-refractivity contribution in [3.8, 4) is 11.3 Å². The predicted molar refractivity (Wildman–Crippen MR) is 139 cm³/mol. The molecule has 0 aliphatic carbocycles. The van der Waals surface area contributed by atoms with Crippen LogP contribution in [-0.2, 0) is 7.05 Å². The van der Waals surface area contributed by atoms with Crippen molar-refractivity contribution in [2.75, 3.05) is 5.32 Å². The molecule has 37 heavy (non-hydrogen) atoms. The topological polar surface area (TPSA) is 116 Å². The van der Waals surface area contributed by atoms with E-state index in [1.165, 1.54) is 6.07 Å². The number of pyridine rings is 2. The minimum absolute atomic E-state index is 0.0305. The Morgan fingerprint density at radius 1 is 1.11 bits per heavy atom. The number of thiophene rings is 1. The van der Waals surface area contributed by atoms with Crippen molar-refractivity contribution in [3.63, 3.8) is 0 Å². The molecular weight excluding hydrogens is 498 g/mol. The lowest BCUT2D eigenvalue weighted by Crippen LogP contribution is -2.17. The van der Waals surface area contributed by atoms with Crippen LogP contribution >= 0.6 is 11.3 Å². The van der Waals surface area contributed by atoms with Crippen molar-refractivity contribution in [2.24, 2.45) is 12.8 Å². The molecule has 0 spiro atoms. The zero-order valence-electron chi connectivity index (χ0n) is 20.4. The van der Waals surface area contributed by atoms with Gasteiger partial charge in [-0.25, -0.2) is 18.7 Å². The molecule has 8 nitrogen and oxygen atoms in total. The Morgan fingerprint density at radius 2 is 1.84 bits per heavy atom. The molecule has 0 bridgehead atoms. The molecule has 0 radical (unpaired) electrons. The van der Waals surface area contributed by atoms with Crippen LogP contribution in [0.1, 0.15) is 49.1 Å². The lowest BCUT2D eigenvalue weighted by Gasteiger charge is -2.12. The maximum absolute atomic E-state index is 13.7. The number of nitrogens with one attached hydrogen (secondary N) is 1. The van der Waals surface area contributed by atoms with Crippen LogP contribution in [0.2, 0.25) is 0 Å². The summed E-state index contributed by atoms with van der Waals surface area (Å²) < 4.78 is 28.4. The smallest absolute Gasteiger partial charge is 0.280 e. The Kier molecular flexibility index (Phi) is 5.95. The highest BCUT2D eigenvalue weighted by Crippen LogP contribution is 2.39. The van der Waals surface area contributed by atoms with E-state index in [0.717, 1.165) is 28.3 Å². The maximum atomic E-state index is 13.7. The van der Waals surface area contributed by atoms with Crippen molar-refractivity contribution < 1.29 is 18.4 Å². The van der Waals surface area contributed by atoms with E-state index in [-0.39, 0.29) is 15.4 Å². The molecule has 2 amide bonds. The zero-order valence-corrected chi connectivity index (χ0v) is 21.2. The van der Waals surface area contributed by atoms with Crippen LogP contribution in [0.15, 0.2) is 36.4 Å². The first-order valence-electron chi connectivity index (χ1n) is 11.3. The minimum atomic E-state index is -2.78. The highest BCUT2D eigenvalue weighted by atomic mass is 32.1. The molecule has 0 saturated carbocycles. The molecule has 4 heterocycles. The molecule has 4 aromatic heterocycles. The average molecular weight is 521 g/mol. The summed E-state index contributed by atoms with van der Waals surface area (Å²) in [6.07, 6.45) is -2.78. The molecule has 0 fully saturated rings. The summed E-state index contributed by atoms with van der Waals surface area (Å²) >= 11 is 0.868. The summed E-state index contributed by atoms with van der Waals surface area (Å²) in [4.78, 5) is 35.0. The number of halogens is 2. The van der Waals surface area contributed by atoms with Gasteiger partial charge >= 0.3 is 0 Å². The zero-order chi connectivity index (χ0) is 26.6. The third kappa shape index (κ3) is 4.10. The highest BCUT2D eigenvalue weighted by molar-refractivity contribution is 7.21. The van der Waals surface area contributed by atoms with E-state index in [9.17, 15) is 18.4 Å². The number of fused-ring (bicyclic) bond motifs is 2. The van der Waals surface area contributed by atoms with E-state index < -0.39 is 23.9 Å². The second-order valence-electron chi connectivity index (χ2n) is 8.71. The van der Waals surface area contributed by atoms with E-state index in [1.807, 2.05) is 33.0 Å². The fourth-order valence-electron chi connectivity index (χ4n) is 4.53. The molecule has 1 aromatic carbocycles. The number of nitrogens with two attached hydrogens (primary N) is 1. The van der Waals surface area contributed by atoms with Crippen molar-refractivity contribution in [1.29, 1.82) is 0 Å². The SMILES string of the molecule is Cc1nn(C)c(C)c1-c1cc(C(=O)Nc2c(C(N)=O)sc3nc(C(F)F)cc(C)c23)c2ccccc2n1. The second-order valence-corrected chi connectivity index (χ2v) is 9.71. The lowest BCUT2D eigenvalue weighted by molar-refractivity contribution is 0.100. The van der Waals surface area contributed by atoms with E-state index in [0.29, 0.717) is 33.1 Å². The number of aromatic nitrogens is 4. The third-order valence-corrected chi connectivity index (χ3v) is 7.39. The molecule has 0 aliphatic heterocycles. The van der Waals surface area contributed by atoms with Crippen molar-refractivity contribution >= 4 is 50.0 Å². The highest BCUT2D eigenvalue weighted by Gasteiger charge is 2.25. The fourth-order valence-corrected chi connectivity index (χ4v) is 5.59. The van der Waals surface area contributed by atoms with Gasteiger partial charge in [-0.3, -0.25) is 14.3 Å². The number of aryl methyl sites for hydroxylation is 3. The van der Waals surface area contributed by atoms with Gasteiger partial charge < -0.3 is 11.1 Å². The number of benzene rings is 1. The largest absolute Gasteiger partial charge is 0.365 e.